The smallest absolute Gasteiger partial charge is 0.335 e. The number of carbonyl (C=O) groups is 2. The van der Waals surface area contributed by atoms with E-state index in [2.05, 4.69) is 21.2 Å². The Kier molecular flexibility index (Phi) is 4.61. The number of urea groups is 1. The molecule has 2 amide bonds. The predicted octanol–water partition coefficient (Wildman–Crippen LogP) is 2.14. The number of anilines is 1. The molecule has 7 heteroatoms. The molecule has 20 heavy (non-hydrogen) atoms. The number of amides is 2. The fourth-order valence-electron chi connectivity index (χ4n) is 1.88. The first-order valence-corrected chi connectivity index (χ1v) is 7.03. The maximum Gasteiger partial charge on any atom is 0.335 e. The number of rotatable bonds is 5. The maximum atomic E-state index is 12.2. The third-order valence-electron chi connectivity index (χ3n) is 3.04. The molecule has 108 valence electrons. The number of carboxylic acid groups (broad SMARTS) is 1. The van der Waals surface area contributed by atoms with Gasteiger partial charge in [-0.1, -0.05) is 0 Å². The predicted molar refractivity (Wildman–Crippen MR) is 76.9 cm³/mol. The Labute approximate surface area is 124 Å². The van der Waals surface area contributed by atoms with Gasteiger partial charge in [-0.15, -0.1) is 0 Å². The van der Waals surface area contributed by atoms with E-state index in [1.54, 1.807) is 11.0 Å². The van der Waals surface area contributed by atoms with Crippen LogP contribution >= 0.6 is 15.9 Å². The number of carbonyl (C=O) groups excluding carboxylic acids is 1. The molecule has 1 aliphatic rings. The number of benzene rings is 1. The lowest BCUT2D eigenvalue weighted by atomic mass is 10.2. The van der Waals surface area contributed by atoms with Gasteiger partial charge in [0.2, 0.25) is 0 Å². The van der Waals surface area contributed by atoms with Crippen LogP contribution in [0, 0.1) is 0 Å². The molecule has 1 aromatic carbocycles. The first-order chi connectivity index (χ1) is 9.52. The maximum absolute atomic E-state index is 12.2. The van der Waals surface area contributed by atoms with Crippen LogP contribution in [0.4, 0.5) is 10.5 Å². The molecule has 0 atom stereocenters. The largest absolute Gasteiger partial charge is 0.478 e. The second kappa shape index (κ2) is 6.23. The zero-order chi connectivity index (χ0) is 14.7. The van der Waals surface area contributed by atoms with Crippen LogP contribution in [-0.4, -0.2) is 46.3 Å². The summed E-state index contributed by atoms with van der Waals surface area (Å²) in [7, 11) is 0. The number of nitrogens with one attached hydrogen (secondary N) is 1. The van der Waals surface area contributed by atoms with Crippen molar-refractivity contribution in [3.8, 4) is 0 Å². The molecule has 0 bridgehead atoms. The summed E-state index contributed by atoms with van der Waals surface area (Å²) < 4.78 is 0.607. The highest BCUT2D eigenvalue weighted by molar-refractivity contribution is 9.10. The zero-order valence-corrected chi connectivity index (χ0v) is 12.3. The van der Waals surface area contributed by atoms with Crippen LogP contribution in [0.25, 0.3) is 0 Å². The van der Waals surface area contributed by atoms with Crippen LogP contribution in [0.5, 0.6) is 0 Å². The summed E-state index contributed by atoms with van der Waals surface area (Å²) in [6, 6.07) is 4.27. The number of hydrogen-bond donors (Lipinski definition) is 3. The Hall–Kier alpha value is -1.60. The Morgan fingerprint density at radius 1 is 1.40 bits per heavy atom. The van der Waals surface area contributed by atoms with Crippen LogP contribution in [-0.2, 0) is 0 Å². The van der Waals surface area contributed by atoms with E-state index in [4.69, 9.17) is 10.2 Å². The number of nitrogens with zero attached hydrogens (tertiary/aromatic N) is 1. The van der Waals surface area contributed by atoms with E-state index in [1.807, 2.05) is 0 Å². The molecule has 0 saturated heterocycles. The number of halogens is 1. The van der Waals surface area contributed by atoms with Gasteiger partial charge in [0.05, 0.1) is 17.9 Å². The van der Waals surface area contributed by atoms with Gasteiger partial charge in [0.15, 0.2) is 0 Å². The standard InChI is InChI=1S/C13H15BrN2O4/c14-10-4-1-8(12(18)19)7-11(10)15-13(20)16(5-6-17)9-2-3-9/h1,4,7,9,17H,2-3,5-6H2,(H,15,20)(H,18,19). The number of aromatic carboxylic acids is 1. The van der Waals surface area contributed by atoms with Crippen molar-refractivity contribution >= 4 is 33.6 Å². The van der Waals surface area contributed by atoms with Crippen molar-refractivity contribution in [2.45, 2.75) is 18.9 Å². The third-order valence-corrected chi connectivity index (χ3v) is 3.74. The molecule has 6 nitrogen and oxygen atoms in total. The lowest BCUT2D eigenvalue weighted by molar-refractivity contribution is 0.0697. The van der Waals surface area contributed by atoms with Crippen molar-refractivity contribution in [1.82, 2.24) is 4.90 Å². The van der Waals surface area contributed by atoms with Crippen LogP contribution in [0.3, 0.4) is 0 Å². The van der Waals surface area contributed by atoms with E-state index in [0.717, 1.165) is 12.8 Å². The minimum atomic E-state index is -1.05. The van der Waals surface area contributed by atoms with Gasteiger partial charge in [-0.2, -0.15) is 0 Å². The van der Waals surface area contributed by atoms with Crippen LogP contribution in [0.1, 0.15) is 23.2 Å². The highest BCUT2D eigenvalue weighted by Crippen LogP contribution is 2.29. The number of hydrogen-bond acceptors (Lipinski definition) is 3. The van der Waals surface area contributed by atoms with Gasteiger partial charge in [0.1, 0.15) is 0 Å². The average Bonchev–Trinajstić information content (AvgIpc) is 3.22. The van der Waals surface area contributed by atoms with Gasteiger partial charge < -0.3 is 20.4 Å². The summed E-state index contributed by atoms with van der Waals surface area (Å²) in [4.78, 5) is 24.7. The van der Waals surface area contributed by atoms with E-state index < -0.39 is 5.97 Å². The molecule has 0 radical (unpaired) electrons. The van der Waals surface area contributed by atoms with Crippen molar-refractivity contribution in [1.29, 1.82) is 0 Å². The van der Waals surface area contributed by atoms with Crippen molar-refractivity contribution in [2.24, 2.45) is 0 Å². The Bertz CT molecular complexity index is 531. The van der Waals surface area contributed by atoms with Gasteiger partial charge in [0, 0.05) is 17.1 Å². The summed E-state index contributed by atoms with van der Waals surface area (Å²) in [6.07, 6.45) is 1.87. The molecule has 1 saturated carbocycles. The highest BCUT2D eigenvalue weighted by atomic mass is 79.9. The van der Waals surface area contributed by atoms with E-state index in [1.165, 1.54) is 12.1 Å². The van der Waals surface area contributed by atoms with Gasteiger partial charge in [0.25, 0.3) is 0 Å². The van der Waals surface area contributed by atoms with Gasteiger partial charge >= 0.3 is 12.0 Å². The zero-order valence-electron chi connectivity index (χ0n) is 10.7. The van der Waals surface area contributed by atoms with Gasteiger partial charge in [-0.25, -0.2) is 9.59 Å². The summed E-state index contributed by atoms with van der Waals surface area (Å²) in [5, 5.41) is 20.6. The Morgan fingerprint density at radius 3 is 2.65 bits per heavy atom. The number of aliphatic hydroxyl groups excluding tert-OH is 1. The van der Waals surface area contributed by atoms with Crippen molar-refractivity contribution in [2.75, 3.05) is 18.5 Å². The highest BCUT2D eigenvalue weighted by Gasteiger charge is 2.32. The minimum Gasteiger partial charge on any atom is -0.478 e. The molecule has 2 rings (SSSR count). The summed E-state index contributed by atoms with van der Waals surface area (Å²) in [6.45, 7) is 0.174. The van der Waals surface area contributed by atoms with Crippen molar-refractivity contribution in [3.05, 3.63) is 28.2 Å². The van der Waals surface area contributed by atoms with Crippen molar-refractivity contribution in [3.63, 3.8) is 0 Å². The van der Waals surface area contributed by atoms with E-state index in [0.29, 0.717) is 10.2 Å². The topological polar surface area (TPSA) is 89.9 Å². The Balaban J connectivity index is 2.13. The molecule has 0 spiro atoms. The molecule has 0 unspecified atom stereocenters. The van der Waals surface area contributed by atoms with E-state index in [9.17, 15) is 9.59 Å². The summed E-state index contributed by atoms with van der Waals surface area (Å²) in [5.41, 5.74) is 0.502. The minimum absolute atomic E-state index is 0.0970. The molecule has 3 N–H and O–H groups in total. The molecule has 1 aromatic rings. The molecular formula is C13H15BrN2O4. The normalized spacial score (nSPS) is 13.9. The molecular weight excluding hydrogens is 328 g/mol. The second-order valence-corrected chi connectivity index (χ2v) is 5.43. The van der Waals surface area contributed by atoms with Crippen molar-refractivity contribution < 1.29 is 19.8 Å². The number of carboxylic acids is 1. The lowest BCUT2D eigenvalue weighted by Gasteiger charge is -2.22. The van der Waals surface area contributed by atoms with Gasteiger partial charge in [-0.3, -0.25) is 0 Å². The fraction of sp³-hybridized carbons (Fsp3) is 0.385. The first-order valence-electron chi connectivity index (χ1n) is 6.24. The van der Waals surface area contributed by atoms with Crippen LogP contribution in [0.15, 0.2) is 22.7 Å². The molecule has 1 aliphatic carbocycles. The van der Waals surface area contributed by atoms with E-state index in [-0.39, 0.29) is 30.8 Å². The number of aliphatic hydroxyl groups is 1. The molecule has 0 aliphatic heterocycles. The average molecular weight is 343 g/mol. The summed E-state index contributed by atoms with van der Waals surface area (Å²) in [5.74, 6) is -1.05. The first kappa shape index (κ1) is 14.8. The monoisotopic (exact) mass is 342 g/mol. The van der Waals surface area contributed by atoms with Crippen LogP contribution in [0.2, 0.25) is 0 Å². The SMILES string of the molecule is O=C(O)c1ccc(Br)c(NC(=O)N(CCO)C2CC2)c1. The van der Waals surface area contributed by atoms with Crippen LogP contribution < -0.4 is 5.32 Å². The third kappa shape index (κ3) is 3.49. The molecule has 1 fully saturated rings. The quantitative estimate of drug-likeness (QED) is 0.764. The van der Waals surface area contributed by atoms with E-state index >= 15 is 0 Å². The molecule has 0 aromatic heterocycles. The Morgan fingerprint density at radius 2 is 2.10 bits per heavy atom. The fourth-order valence-corrected chi connectivity index (χ4v) is 2.23. The second-order valence-electron chi connectivity index (χ2n) is 4.58. The lowest BCUT2D eigenvalue weighted by Crippen LogP contribution is -2.38. The summed E-state index contributed by atoms with van der Waals surface area (Å²) >= 11 is 3.27. The molecule has 0 heterocycles. The van der Waals surface area contributed by atoms with Gasteiger partial charge in [-0.05, 0) is 47.0 Å².